The molecule has 1 rings (SSSR count). The summed E-state index contributed by atoms with van der Waals surface area (Å²) in [6.45, 7) is 6.06. The lowest BCUT2D eigenvalue weighted by molar-refractivity contribution is 0.0397. The van der Waals surface area contributed by atoms with Crippen molar-refractivity contribution in [3.8, 4) is 0 Å². The highest BCUT2D eigenvalue weighted by Crippen LogP contribution is 2.02. The number of carbonyl (C=O) groups excluding carboxylic acids is 1. The topological polar surface area (TPSA) is 26.3 Å². The van der Waals surface area contributed by atoms with E-state index in [0.29, 0.717) is 0 Å². The van der Waals surface area contributed by atoms with Crippen molar-refractivity contribution in [1.82, 2.24) is 0 Å². The van der Waals surface area contributed by atoms with Gasteiger partial charge < -0.3 is 4.74 Å². The summed E-state index contributed by atoms with van der Waals surface area (Å²) >= 11 is 0. The lowest BCUT2D eigenvalue weighted by Crippen LogP contribution is -2.15. The Morgan fingerprint density at radius 3 is 1.79 bits per heavy atom. The van der Waals surface area contributed by atoms with E-state index in [1.165, 1.54) is 0 Å². The Labute approximate surface area is 85.9 Å². The second-order valence-electron chi connectivity index (χ2n) is 3.85. The van der Waals surface area contributed by atoms with Crippen LogP contribution >= 0.6 is 0 Å². The molecule has 0 amide bonds. The highest BCUT2D eigenvalue weighted by molar-refractivity contribution is 5.74. The van der Waals surface area contributed by atoms with Crippen molar-refractivity contribution in [2.75, 3.05) is 7.11 Å². The predicted octanol–water partition coefficient (Wildman–Crippen LogP) is 2.93. The van der Waals surface area contributed by atoms with Gasteiger partial charge in [0.25, 0.3) is 0 Å². The first-order chi connectivity index (χ1) is 6.49. The number of hydrogen-bond acceptors (Lipinski definition) is 2. The number of methoxy groups -OCH3 is 1. The number of rotatable bonds is 1. The van der Waals surface area contributed by atoms with Gasteiger partial charge in [0.2, 0.25) is 0 Å². The Hall–Kier alpha value is -1.15. The van der Waals surface area contributed by atoms with E-state index in [4.69, 9.17) is 4.74 Å². The van der Waals surface area contributed by atoms with Crippen molar-refractivity contribution in [2.24, 2.45) is 0 Å². The molecule has 14 heavy (non-hydrogen) atoms. The molecule has 0 aliphatic rings. The fourth-order valence-corrected chi connectivity index (χ4v) is 0.532. The molecule has 2 nitrogen and oxygen atoms in total. The summed E-state index contributed by atoms with van der Waals surface area (Å²) in [6, 6.07) is 9.10. The Balaban J connectivity index is 0.000000255. The molecule has 0 fully saturated rings. The van der Waals surface area contributed by atoms with Crippen LogP contribution in [0.15, 0.2) is 30.3 Å². The molecule has 0 unspecified atom stereocenters. The van der Waals surface area contributed by atoms with Gasteiger partial charge in [-0.15, -0.1) is 0 Å². The molecular formula is C12H18O2. The van der Waals surface area contributed by atoms with Gasteiger partial charge in [-0.1, -0.05) is 30.3 Å². The quantitative estimate of drug-likeness (QED) is 0.642. The van der Waals surface area contributed by atoms with Gasteiger partial charge in [0.1, 0.15) is 6.29 Å². The summed E-state index contributed by atoms with van der Waals surface area (Å²) in [7, 11) is 1.71. The van der Waals surface area contributed by atoms with Crippen molar-refractivity contribution in [1.29, 1.82) is 0 Å². The minimum absolute atomic E-state index is 0.0417. The molecule has 0 radical (unpaired) electrons. The molecule has 0 saturated heterocycles. The van der Waals surface area contributed by atoms with E-state index >= 15 is 0 Å². The monoisotopic (exact) mass is 194 g/mol. The Bertz CT molecular complexity index is 247. The summed E-state index contributed by atoms with van der Waals surface area (Å²) in [5.74, 6) is 0. The van der Waals surface area contributed by atoms with Crippen LogP contribution in [0.3, 0.4) is 0 Å². The SMILES string of the molecule is COC(C)(C)C.O=Cc1ccccc1. The van der Waals surface area contributed by atoms with Crippen LogP contribution in [-0.4, -0.2) is 19.0 Å². The molecule has 0 N–H and O–H groups in total. The number of hydrogen-bond donors (Lipinski definition) is 0. The van der Waals surface area contributed by atoms with Crippen LogP contribution in [0.25, 0.3) is 0 Å². The summed E-state index contributed by atoms with van der Waals surface area (Å²) in [5.41, 5.74) is 0.771. The molecule has 0 atom stereocenters. The smallest absolute Gasteiger partial charge is 0.150 e. The summed E-state index contributed by atoms with van der Waals surface area (Å²) < 4.78 is 4.94. The van der Waals surface area contributed by atoms with Crippen LogP contribution in [0.5, 0.6) is 0 Å². The molecule has 0 aromatic heterocycles. The number of aldehydes is 1. The summed E-state index contributed by atoms with van der Waals surface area (Å²) in [4.78, 5) is 10.0. The lowest BCUT2D eigenvalue weighted by Gasteiger charge is -2.14. The highest BCUT2D eigenvalue weighted by atomic mass is 16.5. The first-order valence-corrected chi connectivity index (χ1v) is 4.55. The highest BCUT2D eigenvalue weighted by Gasteiger charge is 2.03. The standard InChI is InChI=1S/C7H6O.C5H12O/c8-6-7-4-2-1-3-5-7;1-5(2,3)6-4/h1-6H;1-4H3. The van der Waals surface area contributed by atoms with Crippen LogP contribution in [0.1, 0.15) is 31.1 Å². The summed E-state index contributed by atoms with van der Waals surface area (Å²) in [5, 5.41) is 0. The van der Waals surface area contributed by atoms with Gasteiger partial charge >= 0.3 is 0 Å². The van der Waals surface area contributed by atoms with Gasteiger partial charge in [-0.2, -0.15) is 0 Å². The molecular weight excluding hydrogens is 176 g/mol. The molecule has 2 heteroatoms. The molecule has 1 aromatic carbocycles. The first-order valence-electron chi connectivity index (χ1n) is 4.55. The number of ether oxygens (including phenoxy) is 1. The molecule has 0 heterocycles. The average Bonchev–Trinajstić information content (AvgIpc) is 2.19. The molecule has 0 spiro atoms. The Kier molecular flexibility index (Phi) is 5.81. The van der Waals surface area contributed by atoms with Gasteiger partial charge in [-0.3, -0.25) is 4.79 Å². The lowest BCUT2D eigenvalue weighted by atomic mass is 10.2. The van der Waals surface area contributed by atoms with E-state index in [2.05, 4.69) is 0 Å². The zero-order chi connectivity index (χ0) is 11.0. The second kappa shape index (κ2) is 6.33. The second-order valence-corrected chi connectivity index (χ2v) is 3.85. The fraction of sp³-hybridized carbons (Fsp3) is 0.417. The van der Waals surface area contributed by atoms with E-state index in [1.54, 1.807) is 19.2 Å². The molecule has 0 aliphatic carbocycles. The van der Waals surface area contributed by atoms with E-state index in [0.717, 1.165) is 11.8 Å². The van der Waals surface area contributed by atoms with Crippen LogP contribution in [-0.2, 0) is 4.74 Å². The average molecular weight is 194 g/mol. The zero-order valence-corrected chi connectivity index (χ0v) is 9.28. The fourth-order valence-electron chi connectivity index (χ4n) is 0.532. The largest absolute Gasteiger partial charge is 0.379 e. The van der Waals surface area contributed by atoms with E-state index in [9.17, 15) is 4.79 Å². The van der Waals surface area contributed by atoms with Gasteiger partial charge in [-0.05, 0) is 20.8 Å². The minimum atomic E-state index is 0.0417. The van der Waals surface area contributed by atoms with Crippen LogP contribution < -0.4 is 0 Å². The van der Waals surface area contributed by atoms with Gasteiger partial charge in [0.05, 0.1) is 5.60 Å². The maximum absolute atomic E-state index is 10.0. The molecule has 0 bridgehead atoms. The zero-order valence-electron chi connectivity index (χ0n) is 9.28. The third-order valence-electron chi connectivity index (χ3n) is 1.55. The van der Waals surface area contributed by atoms with Crippen LogP contribution in [0.4, 0.5) is 0 Å². The van der Waals surface area contributed by atoms with Crippen molar-refractivity contribution in [2.45, 2.75) is 26.4 Å². The van der Waals surface area contributed by atoms with E-state index < -0.39 is 0 Å². The van der Waals surface area contributed by atoms with Crippen LogP contribution in [0.2, 0.25) is 0 Å². The van der Waals surface area contributed by atoms with Crippen molar-refractivity contribution in [3.63, 3.8) is 0 Å². The third kappa shape index (κ3) is 7.50. The van der Waals surface area contributed by atoms with Crippen molar-refractivity contribution in [3.05, 3.63) is 35.9 Å². The van der Waals surface area contributed by atoms with Crippen LogP contribution in [0, 0.1) is 0 Å². The predicted molar refractivity (Wildman–Crippen MR) is 58.6 cm³/mol. The number of benzene rings is 1. The Morgan fingerprint density at radius 1 is 1.14 bits per heavy atom. The molecule has 0 saturated carbocycles. The maximum Gasteiger partial charge on any atom is 0.150 e. The minimum Gasteiger partial charge on any atom is -0.379 e. The first kappa shape index (κ1) is 12.8. The Morgan fingerprint density at radius 2 is 1.57 bits per heavy atom. The van der Waals surface area contributed by atoms with Crippen molar-refractivity contribution < 1.29 is 9.53 Å². The third-order valence-corrected chi connectivity index (χ3v) is 1.55. The van der Waals surface area contributed by atoms with E-state index in [-0.39, 0.29) is 5.60 Å². The van der Waals surface area contributed by atoms with Gasteiger partial charge in [0, 0.05) is 12.7 Å². The van der Waals surface area contributed by atoms with E-state index in [1.807, 2.05) is 39.0 Å². The van der Waals surface area contributed by atoms with Gasteiger partial charge in [-0.25, -0.2) is 0 Å². The molecule has 0 aliphatic heterocycles. The normalized spacial score (nSPS) is 10.0. The summed E-state index contributed by atoms with van der Waals surface area (Å²) in [6.07, 6.45) is 0.833. The molecule has 78 valence electrons. The van der Waals surface area contributed by atoms with Gasteiger partial charge in [0.15, 0.2) is 0 Å². The molecule has 1 aromatic rings. The number of carbonyl (C=O) groups is 1. The maximum atomic E-state index is 10.0. The van der Waals surface area contributed by atoms with Crippen molar-refractivity contribution >= 4 is 6.29 Å².